The van der Waals surface area contributed by atoms with Gasteiger partial charge in [0.2, 0.25) is 0 Å². The molecule has 3 rings (SSSR count). The van der Waals surface area contributed by atoms with Crippen LogP contribution < -0.4 is 10.1 Å². The van der Waals surface area contributed by atoms with Crippen molar-refractivity contribution in [2.24, 2.45) is 0 Å². The zero-order valence-electron chi connectivity index (χ0n) is 12.5. The molecule has 1 aromatic carbocycles. The number of fused-ring (bicyclic) bond motifs is 1. The Morgan fingerprint density at radius 3 is 2.95 bits per heavy atom. The summed E-state index contributed by atoms with van der Waals surface area (Å²) in [6.07, 6.45) is 5.30. The second kappa shape index (κ2) is 6.15. The molecule has 0 radical (unpaired) electrons. The molecule has 0 spiro atoms. The lowest BCUT2D eigenvalue weighted by Gasteiger charge is -2.15. The average Bonchev–Trinajstić information content (AvgIpc) is 3.04. The van der Waals surface area contributed by atoms with Crippen molar-refractivity contribution in [3.05, 3.63) is 29.3 Å². The minimum atomic E-state index is 0.271. The largest absolute Gasteiger partial charge is 0.491 e. The Kier molecular flexibility index (Phi) is 4.27. The number of benzene rings is 1. The van der Waals surface area contributed by atoms with Gasteiger partial charge in [-0.25, -0.2) is 0 Å². The Morgan fingerprint density at radius 2 is 2.20 bits per heavy atom. The number of hydrogen-bond acceptors (Lipinski definition) is 3. The van der Waals surface area contributed by atoms with Crippen molar-refractivity contribution >= 4 is 0 Å². The summed E-state index contributed by atoms with van der Waals surface area (Å²) >= 11 is 0. The van der Waals surface area contributed by atoms with Gasteiger partial charge in [-0.3, -0.25) is 0 Å². The van der Waals surface area contributed by atoms with Gasteiger partial charge in [0, 0.05) is 6.04 Å². The standard InChI is InChI=1S/C17H25NO2/c1-3-18-17-9-5-13-10-14(7-8-16(13)17)19-11-15-6-4-12(2)20-15/h7-8,10,12,15,17-18H,3-6,9,11H2,1-2H3. The molecule has 0 bridgehead atoms. The Bertz CT molecular complexity index is 460. The number of nitrogens with one attached hydrogen (secondary N) is 1. The second-order valence-electron chi connectivity index (χ2n) is 5.97. The molecule has 1 aliphatic heterocycles. The highest BCUT2D eigenvalue weighted by molar-refractivity contribution is 5.40. The lowest BCUT2D eigenvalue weighted by atomic mass is 10.1. The molecule has 0 amide bonds. The predicted molar refractivity (Wildman–Crippen MR) is 80.2 cm³/mol. The second-order valence-corrected chi connectivity index (χ2v) is 5.97. The van der Waals surface area contributed by atoms with E-state index in [-0.39, 0.29) is 6.10 Å². The summed E-state index contributed by atoms with van der Waals surface area (Å²) in [6.45, 7) is 6.01. The third-order valence-electron chi connectivity index (χ3n) is 4.40. The zero-order valence-corrected chi connectivity index (χ0v) is 12.5. The lowest BCUT2D eigenvalue weighted by Crippen LogP contribution is -2.18. The minimum absolute atomic E-state index is 0.271. The molecule has 1 aromatic rings. The average molecular weight is 275 g/mol. The van der Waals surface area contributed by atoms with E-state index in [1.54, 1.807) is 0 Å². The summed E-state index contributed by atoms with van der Waals surface area (Å²) in [5.41, 5.74) is 2.89. The van der Waals surface area contributed by atoms with Crippen LogP contribution in [-0.2, 0) is 11.2 Å². The Balaban J connectivity index is 1.59. The summed E-state index contributed by atoms with van der Waals surface area (Å²) in [7, 11) is 0. The van der Waals surface area contributed by atoms with Crippen LogP contribution in [0.5, 0.6) is 5.75 Å². The van der Waals surface area contributed by atoms with Crippen LogP contribution in [0.2, 0.25) is 0 Å². The molecule has 3 atom stereocenters. The fourth-order valence-corrected chi connectivity index (χ4v) is 3.34. The molecule has 0 aromatic heterocycles. The van der Waals surface area contributed by atoms with Crippen molar-refractivity contribution in [1.29, 1.82) is 0 Å². The minimum Gasteiger partial charge on any atom is -0.491 e. The van der Waals surface area contributed by atoms with E-state index in [9.17, 15) is 0 Å². The van der Waals surface area contributed by atoms with Gasteiger partial charge in [0.1, 0.15) is 12.4 Å². The van der Waals surface area contributed by atoms with Gasteiger partial charge in [0.05, 0.1) is 12.2 Å². The fraction of sp³-hybridized carbons (Fsp3) is 0.647. The Labute approximate surface area is 121 Å². The van der Waals surface area contributed by atoms with Gasteiger partial charge in [-0.2, -0.15) is 0 Å². The summed E-state index contributed by atoms with van der Waals surface area (Å²) < 4.78 is 11.7. The first-order valence-corrected chi connectivity index (χ1v) is 7.90. The zero-order chi connectivity index (χ0) is 13.9. The molecule has 2 aliphatic rings. The van der Waals surface area contributed by atoms with E-state index in [4.69, 9.17) is 9.47 Å². The molecule has 1 saturated heterocycles. The van der Waals surface area contributed by atoms with E-state index in [2.05, 4.69) is 37.4 Å². The van der Waals surface area contributed by atoms with E-state index in [1.807, 2.05) is 0 Å². The SMILES string of the molecule is CCNC1CCc2cc(OCC3CCC(C)O3)ccc21. The van der Waals surface area contributed by atoms with E-state index in [0.717, 1.165) is 31.6 Å². The van der Waals surface area contributed by atoms with E-state index < -0.39 is 0 Å². The summed E-state index contributed by atoms with van der Waals surface area (Å²) in [5.74, 6) is 0.990. The quantitative estimate of drug-likeness (QED) is 0.895. The maximum absolute atomic E-state index is 5.91. The van der Waals surface area contributed by atoms with Crippen LogP contribution in [0.15, 0.2) is 18.2 Å². The van der Waals surface area contributed by atoms with Crippen LogP contribution in [0.1, 0.15) is 50.3 Å². The third kappa shape index (κ3) is 2.99. The molecule has 20 heavy (non-hydrogen) atoms. The highest BCUT2D eigenvalue weighted by atomic mass is 16.5. The maximum Gasteiger partial charge on any atom is 0.119 e. The monoisotopic (exact) mass is 275 g/mol. The van der Waals surface area contributed by atoms with E-state index in [1.165, 1.54) is 17.5 Å². The van der Waals surface area contributed by atoms with Crippen molar-refractivity contribution in [1.82, 2.24) is 5.32 Å². The number of aryl methyl sites for hydroxylation is 1. The van der Waals surface area contributed by atoms with Gasteiger partial charge < -0.3 is 14.8 Å². The van der Waals surface area contributed by atoms with Crippen LogP contribution >= 0.6 is 0 Å². The number of ether oxygens (including phenoxy) is 2. The lowest BCUT2D eigenvalue weighted by molar-refractivity contribution is 0.0264. The highest BCUT2D eigenvalue weighted by Gasteiger charge is 2.24. The summed E-state index contributed by atoms with van der Waals surface area (Å²) in [4.78, 5) is 0. The van der Waals surface area contributed by atoms with Gasteiger partial charge in [0.25, 0.3) is 0 Å². The predicted octanol–water partition coefficient (Wildman–Crippen LogP) is 3.23. The van der Waals surface area contributed by atoms with Crippen molar-refractivity contribution in [2.75, 3.05) is 13.2 Å². The summed E-state index contributed by atoms with van der Waals surface area (Å²) in [6, 6.07) is 7.07. The van der Waals surface area contributed by atoms with E-state index in [0.29, 0.717) is 18.8 Å². The van der Waals surface area contributed by atoms with Crippen LogP contribution in [0, 0.1) is 0 Å². The first kappa shape index (κ1) is 13.9. The molecule has 3 unspecified atom stereocenters. The van der Waals surface area contributed by atoms with Gasteiger partial charge in [0.15, 0.2) is 0 Å². The van der Waals surface area contributed by atoms with Crippen molar-refractivity contribution in [2.45, 2.75) is 57.8 Å². The fourth-order valence-electron chi connectivity index (χ4n) is 3.34. The first-order valence-electron chi connectivity index (χ1n) is 7.90. The molecule has 1 heterocycles. The van der Waals surface area contributed by atoms with Gasteiger partial charge in [-0.1, -0.05) is 13.0 Å². The molecule has 1 fully saturated rings. The van der Waals surface area contributed by atoms with Gasteiger partial charge in [-0.15, -0.1) is 0 Å². The van der Waals surface area contributed by atoms with Gasteiger partial charge in [-0.05, 0) is 62.4 Å². The van der Waals surface area contributed by atoms with Crippen LogP contribution in [0.25, 0.3) is 0 Å². The molecular weight excluding hydrogens is 250 g/mol. The number of hydrogen-bond donors (Lipinski definition) is 1. The highest BCUT2D eigenvalue weighted by Crippen LogP contribution is 2.33. The molecule has 3 heteroatoms. The van der Waals surface area contributed by atoms with Crippen LogP contribution in [0.4, 0.5) is 0 Å². The first-order chi connectivity index (χ1) is 9.76. The van der Waals surface area contributed by atoms with Crippen molar-refractivity contribution in [3.63, 3.8) is 0 Å². The van der Waals surface area contributed by atoms with Crippen LogP contribution in [0.3, 0.4) is 0 Å². The Morgan fingerprint density at radius 1 is 1.30 bits per heavy atom. The third-order valence-corrected chi connectivity index (χ3v) is 4.40. The molecule has 1 N–H and O–H groups in total. The molecule has 3 nitrogen and oxygen atoms in total. The molecule has 0 saturated carbocycles. The summed E-state index contributed by atoms with van der Waals surface area (Å²) in [5, 5.41) is 3.54. The van der Waals surface area contributed by atoms with E-state index >= 15 is 0 Å². The topological polar surface area (TPSA) is 30.5 Å². The molecule has 1 aliphatic carbocycles. The Hall–Kier alpha value is -1.06. The molecule has 110 valence electrons. The van der Waals surface area contributed by atoms with Crippen molar-refractivity contribution in [3.8, 4) is 5.75 Å². The normalized spacial score (nSPS) is 28.6. The molecular formula is C17H25NO2. The maximum atomic E-state index is 5.91. The van der Waals surface area contributed by atoms with Gasteiger partial charge >= 0.3 is 0 Å². The number of rotatable bonds is 5. The smallest absolute Gasteiger partial charge is 0.119 e. The van der Waals surface area contributed by atoms with Crippen LogP contribution in [-0.4, -0.2) is 25.4 Å². The van der Waals surface area contributed by atoms with Crippen molar-refractivity contribution < 1.29 is 9.47 Å².